The van der Waals surface area contributed by atoms with Crippen molar-refractivity contribution in [3.05, 3.63) is 11.8 Å². The van der Waals surface area contributed by atoms with E-state index in [-0.39, 0.29) is 12.4 Å². The van der Waals surface area contributed by atoms with Crippen molar-refractivity contribution in [3.63, 3.8) is 0 Å². The minimum Gasteiger partial charge on any atom is -0.463 e. The summed E-state index contributed by atoms with van der Waals surface area (Å²) in [6.07, 6.45) is -2.11. The van der Waals surface area contributed by atoms with E-state index >= 15 is 0 Å². The van der Waals surface area contributed by atoms with E-state index in [4.69, 9.17) is 23.7 Å². The second kappa shape index (κ2) is 8.28. The Morgan fingerprint density at radius 1 is 0.957 bits per heavy atom. The molecule has 0 spiro atoms. The summed E-state index contributed by atoms with van der Waals surface area (Å²) in [5.41, 5.74) is 0. The van der Waals surface area contributed by atoms with Gasteiger partial charge in [-0.3, -0.25) is 19.2 Å². The highest BCUT2D eigenvalue weighted by molar-refractivity contribution is 5.69. The van der Waals surface area contributed by atoms with Gasteiger partial charge in [-0.25, -0.2) is 0 Å². The number of ether oxygens (including phenoxy) is 5. The molecule has 0 unspecified atom stereocenters. The summed E-state index contributed by atoms with van der Waals surface area (Å²) in [5.74, 6) is -2.60. The third-order valence-electron chi connectivity index (χ3n) is 2.51. The van der Waals surface area contributed by atoms with Crippen LogP contribution in [-0.4, -0.2) is 49.0 Å². The van der Waals surface area contributed by atoms with Crippen LogP contribution in [0.4, 0.5) is 0 Å². The van der Waals surface area contributed by atoms with Gasteiger partial charge >= 0.3 is 23.9 Å². The van der Waals surface area contributed by atoms with Crippen LogP contribution in [-0.2, 0) is 42.9 Å². The van der Waals surface area contributed by atoms with Crippen molar-refractivity contribution in [2.45, 2.75) is 46.2 Å². The van der Waals surface area contributed by atoms with Gasteiger partial charge in [-0.15, -0.1) is 0 Å². The van der Waals surface area contributed by atoms with Crippen LogP contribution in [0.2, 0.25) is 0 Å². The van der Waals surface area contributed by atoms with Crippen molar-refractivity contribution < 1.29 is 42.9 Å². The van der Waals surface area contributed by atoms with Gasteiger partial charge in [-0.05, 0) is 0 Å². The van der Waals surface area contributed by atoms with Gasteiger partial charge < -0.3 is 23.7 Å². The zero-order valence-corrected chi connectivity index (χ0v) is 13.2. The molecular weight excluding hydrogens is 312 g/mol. The van der Waals surface area contributed by atoms with Crippen molar-refractivity contribution >= 4 is 23.9 Å². The van der Waals surface area contributed by atoms with Crippen LogP contribution in [0.1, 0.15) is 27.7 Å². The minimum atomic E-state index is -1.17. The summed E-state index contributed by atoms with van der Waals surface area (Å²) in [4.78, 5) is 44.5. The molecule has 0 radical (unpaired) electrons. The molecule has 1 heterocycles. The second-order valence-corrected chi connectivity index (χ2v) is 4.65. The molecule has 0 N–H and O–H groups in total. The Morgan fingerprint density at radius 3 is 2.04 bits per heavy atom. The average molecular weight is 330 g/mol. The molecule has 1 aliphatic heterocycles. The topological polar surface area (TPSA) is 114 Å². The fraction of sp³-hybridized carbons (Fsp3) is 0.571. The molecule has 9 nitrogen and oxygen atoms in total. The maximum absolute atomic E-state index is 11.2. The van der Waals surface area contributed by atoms with Gasteiger partial charge in [0.25, 0.3) is 0 Å². The number of esters is 4. The minimum absolute atomic E-state index is 0.0673. The molecule has 0 aromatic carbocycles. The predicted molar refractivity (Wildman–Crippen MR) is 72.5 cm³/mol. The predicted octanol–water partition coefficient (Wildman–Crippen LogP) is 0.216. The number of carbonyl (C=O) groups is 4. The SMILES string of the molecule is CC(=O)OC[C@H]1O[C@H](OC(C)=O)C=C(OC(C)=O)[C@H]1OC(C)=O. The molecule has 1 rings (SSSR count). The summed E-state index contributed by atoms with van der Waals surface area (Å²) in [6, 6.07) is 0. The molecule has 0 fully saturated rings. The van der Waals surface area contributed by atoms with Crippen molar-refractivity contribution in [2.24, 2.45) is 0 Å². The van der Waals surface area contributed by atoms with E-state index < -0.39 is 42.4 Å². The summed E-state index contributed by atoms with van der Waals surface area (Å²) in [6.45, 7) is 4.39. The Morgan fingerprint density at radius 2 is 1.57 bits per heavy atom. The normalized spacial score (nSPS) is 23.3. The van der Waals surface area contributed by atoms with Crippen molar-refractivity contribution in [3.8, 4) is 0 Å². The van der Waals surface area contributed by atoms with Gasteiger partial charge in [0.15, 0.2) is 11.9 Å². The molecular formula is C14H18O9. The van der Waals surface area contributed by atoms with Gasteiger partial charge in [0.1, 0.15) is 12.7 Å². The Balaban J connectivity index is 3.05. The lowest BCUT2D eigenvalue weighted by molar-refractivity contribution is -0.208. The fourth-order valence-electron chi connectivity index (χ4n) is 1.82. The molecule has 3 atom stereocenters. The molecule has 128 valence electrons. The standard InChI is InChI=1S/C14H18O9/c1-7(15)19-6-12-14(22-10(4)18)11(20-8(2)16)5-13(23-12)21-9(3)17/h5,12-14H,6H2,1-4H3/t12-,13+,14-/m1/s1. The number of hydrogen-bond acceptors (Lipinski definition) is 9. The lowest BCUT2D eigenvalue weighted by atomic mass is 10.1. The van der Waals surface area contributed by atoms with Crippen LogP contribution >= 0.6 is 0 Å². The van der Waals surface area contributed by atoms with Gasteiger partial charge in [0, 0.05) is 33.8 Å². The first-order valence-corrected chi connectivity index (χ1v) is 6.72. The summed E-state index contributed by atoms with van der Waals surface area (Å²) >= 11 is 0. The van der Waals surface area contributed by atoms with Crippen LogP contribution in [0.25, 0.3) is 0 Å². The maximum atomic E-state index is 11.2. The highest BCUT2D eigenvalue weighted by Gasteiger charge is 2.39. The maximum Gasteiger partial charge on any atom is 0.307 e. The first-order chi connectivity index (χ1) is 10.7. The molecule has 0 aliphatic carbocycles. The van der Waals surface area contributed by atoms with Gasteiger partial charge in [0.05, 0.1) is 0 Å². The molecule has 9 heteroatoms. The highest BCUT2D eigenvalue weighted by Crippen LogP contribution is 2.25. The van der Waals surface area contributed by atoms with Gasteiger partial charge in [-0.2, -0.15) is 0 Å². The molecule has 0 saturated heterocycles. The Kier molecular flexibility index (Phi) is 6.70. The van der Waals surface area contributed by atoms with E-state index in [1.807, 2.05) is 0 Å². The Bertz CT molecular complexity index is 522. The van der Waals surface area contributed by atoms with E-state index in [9.17, 15) is 19.2 Å². The molecule has 1 aliphatic rings. The number of carbonyl (C=O) groups excluding carboxylic acids is 4. The zero-order valence-electron chi connectivity index (χ0n) is 13.2. The van der Waals surface area contributed by atoms with E-state index in [2.05, 4.69) is 0 Å². The van der Waals surface area contributed by atoms with Crippen molar-refractivity contribution in [1.82, 2.24) is 0 Å². The van der Waals surface area contributed by atoms with Crippen molar-refractivity contribution in [2.75, 3.05) is 6.61 Å². The summed E-state index contributed by atoms with van der Waals surface area (Å²) in [7, 11) is 0. The first kappa shape index (κ1) is 18.6. The Hall–Kier alpha value is -2.42. The molecule has 0 bridgehead atoms. The molecule has 23 heavy (non-hydrogen) atoms. The lowest BCUT2D eigenvalue weighted by Gasteiger charge is -2.33. The quantitative estimate of drug-likeness (QED) is 0.515. The van der Waals surface area contributed by atoms with Crippen LogP contribution in [0, 0.1) is 0 Å². The summed E-state index contributed by atoms with van der Waals surface area (Å²) in [5, 5.41) is 0. The molecule has 0 saturated carbocycles. The molecule has 0 aromatic rings. The van der Waals surface area contributed by atoms with Crippen LogP contribution in [0.15, 0.2) is 11.8 Å². The molecule has 0 aromatic heterocycles. The monoisotopic (exact) mass is 330 g/mol. The molecule has 0 amide bonds. The van der Waals surface area contributed by atoms with E-state index in [0.29, 0.717) is 0 Å². The third-order valence-corrected chi connectivity index (χ3v) is 2.51. The second-order valence-electron chi connectivity index (χ2n) is 4.65. The Labute approximate surface area is 132 Å². The average Bonchev–Trinajstić information content (AvgIpc) is 2.37. The van der Waals surface area contributed by atoms with Crippen LogP contribution in [0.3, 0.4) is 0 Å². The number of hydrogen-bond donors (Lipinski definition) is 0. The van der Waals surface area contributed by atoms with E-state index in [1.165, 1.54) is 19.9 Å². The first-order valence-electron chi connectivity index (χ1n) is 6.72. The van der Waals surface area contributed by atoms with Crippen molar-refractivity contribution in [1.29, 1.82) is 0 Å². The highest BCUT2D eigenvalue weighted by atomic mass is 16.7. The van der Waals surface area contributed by atoms with E-state index in [0.717, 1.165) is 13.8 Å². The largest absolute Gasteiger partial charge is 0.463 e. The van der Waals surface area contributed by atoms with Crippen LogP contribution in [0.5, 0.6) is 0 Å². The lowest BCUT2D eigenvalue weighted by Crippen LogP contribution is -2.46. The van der Waals surface area contributed by atoms with Crippen LogP contribution < -0.4 is 0 Å². The zero-order chi connectivity index (χ0) is 17.6. The van der Waals surface area contributed by atoms with Gasteiger partial charge in [-0.1, -0.05) is 0 Å². The number of rotatable bonds is 5. The summed E-state index contributed by atoms with van der Waals surface area (Å²) < 4.78 is 25.2. The van der Waals surface area contributed by atoms with Gasteiger partial charge in [0.2, 0.25) is 6.29 Å². The van der Waals surface area contributed by atoms with E-state index in [1.54, 1.807) is 0 Å². The smallest absolute Gasteiger partial charge is 0.307 e. The third kappa shape index (κ3) is 6.47. The fourth-order valence-corrected chi connectivity index (χ4v) is 1.82.